The number of imide groups is 1. The van der Waals surface area contributed by atoms with Crippen LogP contribution in [0.15, 0.2) is 5.38 Å². The molecule has 1 aromatic heterocycles. The van der Waals surface area contributed by atoms with Crippen molar-refractivity contribution in [1.82, 2.24) is 15.6 Å². The van der Waals surface area contributed by atoms with Crippen molar-refractivity contribution in [3.63, 3.8) is 0 Å². The first-order chi connectivity index (χ1) is 9.36. The topological polar surface area (TPSA) is 108 Å². The van der Waals surface area contributed by atoms with Crippen molar-refractivity contribution >= 4 is 29.2 Å². The monoisotopic (exact) mass is 299 g/mol. The summed E-state index contributed by atoms with van der Waals surface area (Å²) in [6.45, 7) is 3.75. The van der Waals surface area contributed by atoms with Gasteiger partial charge in [-0.05, 0) is 12.8 Å². The van der Waals surface area contributed by atoms with Gasteiger partial charge in [-0.1, -0.05) is 6.92 Å². The highest BCUT2D eigenvalue weighted by Gasteiger charge is 2.14. The molecule has 0 saturated heterocycles. The van der Waals surface area contributed by atoms with E-state index in [-0.39, 0.29) is 25.3 Å². The molecule has 0 fully saturated rings. The maximum Gasteiger partial charge on any atom is 0.321 e. The van der Waals surface area contributed by atoms with Crippen LogP contribution in [0.25, 0.3) is 0 Å². The molecule has 0 aliphatic heterocycles. The van der Waals surface area contributed by atoms with E-state index in [1.54, 1.807) is 6.92 Å². The van der Waals surface area contributed by atoms with Crippen LogP contribution < -0.4 is 10.6 Å². The Kier molecular flexibility index (Phi) is 6.10. The van der Waals surface area contributed by atoms with E-state index >= 15 is 0 Å². The smallest absolute Gasteiger partial charge is 0.321 e. The number of thiazole rings is 1. The number of carboxylic acids is 1. The lowest BCUT2D eigenvalue weighted by Gasteiger charge is -2.09. The van der Waals surface area contributed by atoms with Gasteiger partial charge in [0.25, 0.3) is 0 Å². The average Bonchev–Trinajstić information content (AvgIpc) is 2.71. The molecule has 1 rings (SSSR count). The Morgan fingerprint density at radius 1 is 1.40 bits per heavy atom. The highest BCUT2D eigenvalue weighted by Crippen LogP contribution is 2.08. The molecule has 1 aromatic rings. The molecule has 3 N–H and O–H groups in total. The van der Waals surface area contributed by atoms with Crippen LogP contribution >= 0.6 is 11.3 Å². The molecule has 0 aliphatic carbocycles. The molecular weight excluding hydrogens is 282 g/mol. The SMILES string of the molecule is Cc1csc(CNC(=O)NC(=O)CC(C)CC(=O)O)n1. The van der Waals surface area contributed by atoms with Gasteiger partial charge in [0.15, 0.2) is 0 Å². The fraction of sp³-hybridized carbons (Fsp3) is 0.500. The zero-order chi connectivity index (χ0) is 15.1. The Morgan fingerprint density at radius 2 is 2.10 bits per heavy atom. The summed E-state index contributed by atoms with van der Waals surface area (Å²) in [5, 5.41) is 15.9. The third-order valence-corrected chi connectivity index (χ3v) is 3.34. The number of amides is 3. The molecule has 1 atom stereocenters. The average molecular weight is 299 g/mol. The lowest BCUT2D eigenvalue weighted by Crippen LogP contribution is -2.39. The lowest BCUT2D eigenvalue weighted by atomic mass is 10.0. The summed E-state index contributed by atoms with van der Waals surface area (Å²) in [4.78, 5) is 37.6. The first-order valence-corrected chi connectivity index (χ1v) is 6.95. The van der Waals surface area contributed by atoms with Crippen LogP contribution in [0.5, 0.6) is 0 Å². The number of nitrogens with one attached hydrogen (secondary N) is 2. The van der Waals surface area contributed by atoms with Gasteiger partial charge in [0, 0.05) is 23.9 Å². The number of rotatable bonds is 6. The Bertz CT molecular complexity index is 501. The van der Waals surface area contributed by atoms with E-state index in [0.29, 0.717) is 0 Å². The molecule has 0 saturated carbocycles. The third kappa shape index (κ3) is 6.28. The van der Waals surface area contributed by atoms with Crippen molar-refractivity contribution < 1.29 is 19.5 Å². The summed E-state index contributed by atoms with van der Waals surface area (Å²) in [5.74, 6) is -1.78. The van der Waals surface area contributed by atoms with E-state index in [4.69, 9.17) is 5.11 Å². The highest BCUT2D eigenvalue weighted by molar-refractivity contribution is 7.09. The van der Waals surface area contributed by atoms with Gasteiger partial charge >= 0.3 is 12.0 Å². The van der Waals surface area contributed by atoms with Crippen molar-refractivity contribution in [1.29, 1.82) is 0 Å². The molecule has 0 spiro atoms. The molecule has 0 bridgehead atoms. The molecule has 3 amide bonds. The fourth-order valence-corrected chi connectivity index (χ4v) is 2.26. The standard InChI is InChI=1S/C12H17N3O4S/c1-7(4-11(17)18)3-9(16)15-12(19)13-5-10-14-8(2)6-20-10/h6-7H,3-5H2,1-2H3,(H,17,18)(H2,13,15,16,19). The number of urea groups is 1. The Balaban J connectivity index is 2.27. The number of aromatic nitrogens is 1. The van der Waals surface area contributed by atoms with Gasteiger partial charge in [0.1, 0.15) is 5.01 Å². The van der Waals surface area contributed by atoms with E-state index in [1.807, 2.05) is 12.3 Å². The molecule has 7 nitrogen and oxygen atoms in total. The molecule has 0 radical (unpaired) electrons. The van der Waals surface area contributed by atoms with E-state index in [9.17, 15) is 14.4 Å². The number of hydrogen-bond donors (Lipinski definition) is 3. The predicted molar refractivity (Wildman–Crippen MR) is 73.3 cm³/mol. The largest absolute Gasteiger partial charge is 0.481 e. The number of hydrogen-bond acceptors (Lipinski definition) is 5. The van der Waals surface area contributed by atoms with Crippen LogP contribution in [0.2, 0.25) is 0 Å². The van der Waals surface area contributed by atoms with Crippen molar-refractivity contribution in [2.45, 2.75) is 33.2 Å². The zero-order valence-corrected chi connectivity index (χ0v) is 12.1. The van der Waals surface area contributed by atoms with Gasteiger partial charge in [-0.2, -0.15) is 0 Å². The van der Waals surface area contributed by atoms with Crippen LogP contribution in [0.1, 0.15) is 30.5 Å². The molecule has 0 aliphatic rings. The molecular formula is C12H17N3O4S. The van der Waals surface area contributed by atoms with Gasteiger partial charge in [0.2, 0.25) is 5.91 Å². The quantitative estimate of drug-likeness (QED) is 0.733. The number of aryl methyl sites for hydroxylation is 1. The highest BCUT2D eigenvalue weighted by atomic mass is 32.1. The first kappa shape index (κ1) is 16.1. The van der Waals surface area contributed by atoms with Gasteiger partial charge < -0.3 is 10.4 Å². The van der Waals surface area contributed by atoms with E-state index < -0.39 is 17.9 Å². The van der Waals surface area contributed by atoms with Gasteiger partial charge in [0.05, 0.1) is 6.54 Å². The predicted octanol–water partition coefficient (Wildman–Crippen LogP) is 1.28. The van der Waals surface area contributed by atoms with Crippen molar-refractivity contribution in [2.75, 3.05) is 0 Å². The van der Waals surface area contributed by atoms with Crippen LogP contribution in [0, 0.1) is 12.8 Å². The number of carboxylic acid groups (broad SMARTS) is 1. The Morgan fingerprint density at radius 3 is 2.65 bits per heavy atom. The minimum Gasteiger partial charge on any atom is -0.481 e. The minimum absolute atomic E-state index is 0.00389. The van der Waals surface area contributed by atoms with Crippen molar-refractivity contribution in [3.8, 4) is 0 Å². The molecule has 8 heteroatoms. The van der Waals surface area contributed by atoms with Crippen LogP contribution in [0.4, 0.5) is 4.79 Å². The second-order valence-corrected chi connectivity index (χ2v) is 5.46. The van der Waals surface area contributed by atoms with Crippen LogP contribution in [0.3, 0.4) is 0 Å². The zero-order valence-electron chi connectivity index (χ0n) is 11.3. The summed E-state index contributed by atoms with van der Waals surface area (Å²) in [6.07, 6.45) is -0.108. The first-order valence-electron chi connectivity index (χ1n) is 6.07. The lowest BCUT2D eigenvalue weighted by molar-refractivity contribution is -0.138. The number of aliphatic carboxylic acids is 1. The maximum absolute atomic E-state index is 11.5. The number of carbonyl (C=O) groups is 3. The second kappa shape index (κ2) is 7.59. The third-order valence-electron chi connectivity index (χ3n) is 2.38. The summed E-state index contributed by atoms with van der Waals surface area (Å²) < 4.78 is 0. The van der Waals surface area contributed by atoms with Gasteiger partial charge in [-0.15, -0.1) is 11.3 Å². The van der Waals surface area contributed by atoms with Crippen LogP contribution in [-0.4, -0.2) is 28.0 Å². The molecule has 1 heterocycles. The van der Waals surface area contributed by atoms with E-state index in [1.165, 1.54) is 11.3 Å². The Labute approximate surface area is 120 Å². The molecule has 110 valence electrons. The normalized spacial score (nSPS) is 11.7. The number of nitrogens with zero attached hydrogens (tertiary/aromatic N) is 1. The van der Waals surface area contributed by atoms with Crippen molar-refractivity contribution in [3.05, 3.63) is 16.1 Å². The van der Waals surface area contributed by atoms with Gasteiger partial charge in [-0.25, -0.2) is 9.78 Å². The molecule has 20 heavy (non-hydrogen) atoms. The second-order valence-electron chi connectivity index (χ2n) is 4.52. The summed E-state index contributed by atoms with van der Waals surface area (Å²) in [6, 6.07) is -0.606. The van der Waals surface area contributed by atoms with E-state index in [2.05, 4.69) is 15.6 Å². The summed E-state index contributed by atoms with van der Waals surface area (Å²) in [5.41, 5.74) is 0.880. The summed E-state index contributed by atoms with van der Waals surface area (Å²) in [7, 11) is 0. The molecule has 1 unspecified atom stereocenters. The maximum atomic E-state index is 11.5. The Hall–Kier alpha value is -1.96. The van der Waals surface area contributed by atoms with Crippen molar-refractivity contribution in [2.24, 2.45) is 5.92 Å². The van der Waals surface area contributed by atoms with Crippen LogP contribution in [-0.2, 0) is 16.1 Å². The summed E-state index contributed by atoms with van der Waals surface area (Å²) >= 11 is 1.42. The fourth-order valence-electron chi connectivity index (χ4n) is 1.55. The number of carbonyl (C=O) groups excluding carboxylic acids is 2. The molecule has 0 aromatic carbocycles. The minimum atomic E-state index is -0.964. The van der Waals surface area contributed by atoms with E-state index in [0.717, 1.165) is 10.7 Å². The van der Waals surface area contributed by atoms with Gasteiger partial charge in [-0.3, -0.25) is 14.9 Å².